The number of methoxy groups -OCH3 is 2. The Balaban J connectivity index is 2.48. The lowest BCUT2D eigenvalue weighted by molar-refractivity contribution is -0.137. The lowest BCUT2D eigenvalue weighted by Crippen LogP contribution is -2.09. The molecule has 130 valence electrons. The molecule has 1 atom stereocenters. The van der Waals surface area contributed by atoms with E-state index in [0.29, 0.717) is 16.7 Å². The average Bonchev–Trinajstić information content (AvgIpc) is 2.61. The Labute approximate surface area is 143 Å². The topological polar surface area (TPSA) is 35.5 Å². The molecule has 1 unspecified atom stereocenters. The maximum Gasteiger partial charge on any atom is 0.416 e. The van der Waals surface area contributed by atoms with Crippen molar-refractivity contribution < 1.29 is 27.4 Å². The summed E-state index contributed by atoms with van der Waals surface area (Å²) in [5.41, 5.74) is 0.604. The van der Waals surface area contributed by atoms with Gasteiger partial charge in [-0.3, -0.25) is 0 Å². The molecule has 0 bridgehead atoms. The third kappa shape index (κ3) is 4.61. The molecule has 0 amide bonds. The van der Waals surface area contributed by atoms with Crippen molar-refractivity contribution in [2.75, 3.05) is 14.2 Å². The van der Waals surface area contributed by atoms with Crippen molar-refractivity contribution in [3.8, 4) is 11.8 Å². The normalized spacial score (nSPS) is 12.0. The van der Waals surface area contributed by atoms with E-state index >= 15 is 0 Å². The molecule has 0 aliphatic rings. The molecule has 2 aromatic carbocycles. The van der Waals surface area contributed by atoms with Crippen LogP contribution in [0.25, 0.3) is 0 Å². The van der Waals surface area contributed by atoms with Gasteiger partial charge in [0.2, 0.25) is 0 Å². The molecule has 2 rings (SSSR count). The van der Waals surface area contributed by atoms with E-state index in [0.717, 1.165) is 12.1 Å². The van der Waals surface area contributed by atoms with E-state index < -0.39 is 23.8 Å². The molecule has 0 saturated carbocycles. The first-order valence-corrected chi connectivity index (χ1v) is 7.25. The fourth-order valence-electron chi connectivity index (χ4n) is 2.33. The molecule has 0 aliphatic carbocycles. The number of carbonyl (C=O) groups excluding carboxylic acids is 1. The highest BCUT2D eigenvalue weighted by Crippen LogP contribution is 2.34. The van der Waals surface area contributed by atoms with Gasteiger partial charge in [0.25, 0.3) is 0 Å². The number of esters is 1. The van der Waals surface area contributed by atoms with Gasteiger partial charge >= 0.3 is 12.1 Å². The number of benzene rings is 2. The quantitative estimate of drug-likeness (QED) is 0.622. The largest absolute Gasteiger partial charge is 0.459 e. The standard InChI is InChI=1S/C19H15F3O3/c1-24-17(23)11-10-13-6-3-4-9-16(13)18(25-2)14-7-5-8-15(12-14)19(20,21)22/h3-9,12,18H,1-2H3. The molecule has 0 radical (unpaired) electrons. The Kier molecular flexibility index (Phi) is 5.84. The maximum absolute atomic E-state index is 13.0. The summed E-state index contributed by atoms with van der Waals surface area (Å²) in [5, 5.41) is 0. The van der Waals surface area contributed by atoms with E-state index in [1.165, 1.54) is 20.3 Å². The zero-order valence-electron chi connectivity index (χ0n) is 13.6. The summed E-state index contributed by atoms with van der Waals surface area (Å²) in [6.45, 7) is 0. The molecule has 2 aromatic rings. The van der Waals surface area contributed by atoms with E-state index in [1.54, 1.807) is 30.3 Å². The molecule has 0 saturated heterocycles. The van der Waals surface area contributed by atoms with Crippen molar-refractivity contribution in [2.24, 2.45) is 0 Å². The smallest absolute Gasteiger partial charge is 0.416 e. The summed E-state index contributed by atoms with van der Waals surface area (Å²) >= 11 is 0. The number of hydrogen-bond donors (Lipinski definition) is 0. The predicted octanol–water partition coefficient (Wildman–Crippen LogP) is 3.97. The molecular formula is C19H15F3O3. The Bertz CT molecular complexity index is 816. The Morgan fingerprint density at radius 2 is 1.80 bits per heavy atom. The van der Waals surface area contributed by atoms with Crippen LogP contribution in [0.2, 0.25) is 0 Å². The molecule has 3 nitrogen and oxygen atoms in total. The molecule has 0 spiro atoms. The number of halogens is 3. The van der Waals surface area contributed by atoms with Gasteiger partial charge in [-0.1, -0.05) is 36.3 Å². The van der Waals surface area contributed by atoms with Gasteiger partial charge in [-0.25, -0.2) is 4.79 Å². The van der Waals surface area contributed by atoms with Gasteiger partial charge in [0, 0.05) is 24.2 Å². The first kappa shape index (κ1) is 18.6. The number of hydrogen-bond acceptors (Lipinski definition) is 3. The van der Waals surface area contributed by atoms with Crippen molar-refractivity contribution in [3.05, 3.63) is 70.8 Å². The van der Waals surface area contributed by atoms with Crippen LogP contribution in [0.3, 0.4) is 0 Å². The van der Waals surface area contributed by atoms with Crippen LogP contribution in [0.4, 0.5) is 13.2 Å². The van der Waals surface area contributed by atoms with Crippen molar-refractivity contribution in [1.82, 2.24) is 0 Å². The zero-order chi connectivity index (χ0) is 18.4. The molecule has 0 heterocycles. The van der Waals surface area contributed by atoms with Crippen molar-refractivity contribution >= 4 is 5.97 Å². The van der Waals surface area contributed by atoms with Gasteiger partial charge < -0.3 is 9.47 Å². The Morgan fingerprint density at radius 1 is 1.08 bits per heavy atom. The minimum Gasteiger partial charge on any atom is -0.459 e. The highest BCUT2D eigenvalue weighted by atomic mass is 19.4. The van der Waals surface area contributed by atoms with Crippen LogP contribution in [-0.2, 0) is 20.4 Å². The van der Waals surface area contributed by atoms with Crippen molar-refractivity contribution in [2.45, 2.75) is 12.3 Å². The van der Waals surface area contributed by atoms with Crippen LogP contribution >= 0.6 is 0 Å². The van der Waals surface area contributed by atoms with Crippen LogP contribution in [0, 0.1) is 11.8 Å². The van der Waals surface area contributed by atoms with Gasteiger partial charge in [-0.15, -0.1) is 0 Å². The molecule has 0 N–H and O–H groups in total. The molecule has 0 aromatic heterocycles. The fraction of sp³-hybridized carbons (Fsp3) is 0.211. The van der Waals surface area contributed by atoms with Crippen molar-refractivity contribution in [1.29, 1.82) is 0 Å². The van der Waals surface area contributed by atoms with Gasteiger partial charge in [-0.05, 0) is 23.8 Å². The summed E-state index contributed by atoms with van der Waals surface area (Å²) in [5.74, 6) is 4.27. The summed E-state index contributed by atoms with van der Waals surface area (Å²) < 4.78 is 48.7. The summed E-state index contributed by atoms with van der Waals surface area (Å²) in [6, 6.07) is 11.7. The lowest BCUT2D eigenvalue weighted by atomic mass is 9.95. The van der Waals surface area contributed by atoms with E-state index in [4.69, 9.17) is 4.74 Å². The van der Waals surface area contributed by atoms with Crippen molar-refractivity contribution in [3.63, 3.8) is 0 Å². The minimum absolute atomic E-state index is 0.338. The molecule has 25 heavy (non-hydrogen) atoms. The third-order valence-corrected chi connectivity index (χ3v) is 3.48. The number of carbonyl (C=O) groups is 1. The lowest BCUT2D eigenvalue weighted by Gasteiger charge is -2.19. The Morgan fingerprint density at radius 3 is 2.44 bits per heavy atom. The Hall–Kier alpha value is -2.78. The third-order valence-electron chi connectivity index (χ3n) is 3.48. The highest BCUT2D eigenvalue weighted by Gasteiger charge is 2.31. The zero-order valence-corrected chi connectivity index (χ0v) is 13.6. The number of rotatable bonds is 3. The number of ether oxygens (including phenoxy) is 2. The molecular weight excluding hydrogens is 333 g/mol. The summed E-state index contributed by atoms with van der Waals surface area (Å²) in [6.07, 6.45) is -5.20. The van der Waals surface area contributed by atoms with E-state index in [1.807, 2.05) is 0 Å². The van der Waals surface area contributed by atoms with Crippen LogP contribution in [0.15, 0.2) is 48.5 Å². The first-order valence-electron chi connectivity index (χ1n) is 7.25. The predicted molar refractivity (Wildman–Crippen MR) is 85.6 cm³/mol. The van der Waals surface area contributed by atoms with Gasteiger partial charge in [0.05, 0.1) is 12.7 Å². The van der Waals surface area contributed by atoms with Gasteiger partial charge in [-0.2, -0.15) is 13.2 Å². The second-order valence-electron chi connectivity index (χ2n) is 5.07. The van der Waals surface area contributed by atoms with E-state index in [-0.39, 0.29) is 0 Å². The highest BCUT2D eigenvalue weighted by molar-refractivity contribution is 5.89. The summed E-state index contributed by atoms with van der Waals surface area (Å²) in [4.78, 5) is 11.2. The SMILES string of the molecule is COC(=O)C#Cc1ccccc1C(OC)c1cccc(C(F)(F)F)c1. The second-order valence-corrected chi connectivity index (χ2v) is 5.07. The van der Waals surface area contributed by atoms with E-state index in [2.05, 4.69) is 16.6 Å². The maximum atomic E-state index is 13.0. The molecule has 0 fully saturated rings. The first-order chi connectivity index (χ1) is 11.9. The van der Waals surface area contributed by atoms with Gasteiger partial charge in [0.1, 0.15) is 6.10 Å². The minimum atomic E-state index is -4.45. The van der Waals surface area contributed by atoms with Crippen LogP contribution in [0.5, 0.6) is 0 Å². The number of alkyl halides is 3. The van der Waals surface area contributed by atoms with Crippen LogP contribution < -0.4 is 0 Å². The monoisotopic (exact) mass is 348 g/mol. The average molecular weight is 348 g/mol. The van der Waals surface area contributed by atoms with Crippen LogP contribution in [-0.4, -0.2) is 20.2 Å². The van der Waals surface area contributed by atoms with E-state index in [9.17, 15) is 18.0 Å². The molecule has 6 heteroatoms. The second kappa shape index (κ2) is 7.86. The summed E-state index contributed by atoms with van der Waals surface area (Å²) in [7, 11) is 2.61. The molecule has 0 aliphatic heterocycles. The van der Waals surface area contributed by atoms with Gasteiger partial charge in [0.15, 0.2) is 0 Å². The van der Waals surface area contributed by atoms with Crippen LogP contribution in [0.1, 0.15) is 28.4 Å². The fourth-order valence-corrected chi connectivity index (χ4v) is 2.33.